The van der Waals surface area contributed by atoms with E-state index in [1.807, 2.05) is 19.1 Å². The Labute approximate surface area is 129 Å². The first kappa shape index (κ1) is 16.1. The van der Waals surface area contributed by atoms with Gasteiger partial charge in [0.2, 0.25) is 5.91 Å². The average molecular weight is 307 g/mol. The average Bonchev–Trinajstić information content (AvgIpc) is 2.51. The van der Waals surface area contributed by atoms with Crippen molar-refractivity contribution < 1.29 is 24.2 Å². The number of nitrogens with zero attached hydrogens (tertiary/aromatic N) is 1. The maximum absolute atomic E-state index is 12.2. The van der Waals surface area contributed by atoms with Crippen LogP contribution < -0.4 is 9.47 Å². The molecule has 0 bridgehead atoms. The number of carbonyl (C=O) groups excluding carboxylic acids is 1. The van der Waals surface area contributed by atoms with Crippen LogP contribution in [0.4, 0.5) is 0 Å². The zero-order valence-corrected chi connectivity index (χ0v) is 13.1. The van der Waals surface area contributed by atoms with E-state index in [9.17, 15) is 9.59 Å². The Morgan fingerprint density at radius 2 is 1.86 bits per heavy atom. The molecule has 0 fully saturated rings. The Balaban J connectivity index is 2.23. The van der Waals surface area contributed by atoms with Crippen LogP contribution in [0, 0.1) is 0 Å². The molecule has 0 aliphatic carbocycles. The highest BCUT2D eigenvalue weighted by molar-refractivity contribution is 5.81. The SMILES string of the molecule is COc1cc2c(cc1OC)C(C)N(C(=O)CCC(=O)O)CC2. The number of benzene rings is 1. The number of aliphatic carboxylic acids is 1. The molecule has 1 atom stereocenters. The summed E-state index contributed by atoms with van der Waals surface area (Å²) in [5, 5.41) is 8.71. The Bertz CT molecular complexity index is 584. The molecule has 6 heteroatoms. The number of amides is 1. The number of hydrogen-bond acceptors (Lipinski definition) is 4. The van der Waals surface area contributed by atoms with E-state index in [4.69, 9.17) is 14.6 Å². The summed E-state index contributed by atoms with van der Waals surface area (Å²) in [7, 11) is 3.17. The van der Waals surface area contributed by atoms with Crippen molar-refractivity contribution in [1.29, 1.82) is 0 Å². The molecule has 0 aromatic heterocycles. The van der Waals surface area contributed by atoms with Gasteiger partial charge >= 0.3 is 5.97 Å². The molecule has 1 heterocycles. The number of carbonyl (C=O) groups is 2. The lowest BCUT2D eigenvalue weighted by molar-refractivity contribution is -0.141. The summed E-state index contributed by atoms with van der Waals surface area (Å²) in [6, 6.07) is 3.74. The third-order valence-corrected chi connectivity index (χ3v) is 4.06. The predicted molar refractivity (Wildman–Crippen MR) is 80.2 cm³/mol. The van der Waals surface area contributed by atoms with Crippen LogP contribution in [0.5, 0.6) is 11.5 Å². The molecule has 1 aromatic rings. The van der Waals surface area contributed by atoms with Gasteiger partial charge in [-0.2, -0.15) is 0 Å². The summed E-state index contributed by atoms with van der Waals surface area (Å²) in [4.78, 5) is 24.6. The summed E-state index contributed by atoms with van der Waals surface area (Å²) in [6.07, 6.45) is 0.613. The highest BCUT2D eigenvalue weighted by atomic mass is 16.5. The first-order chi connectivity index (χ1) is 10.5. The number of fused-ring (bicyclic) bond motifs is 1. The molecule has 1 unspecified atom stereocenters. The Hall–Kier alpha value is -2.24. The van der Waals surface area contributed by atoms with Crippen molar-refractivity contribution in [1.82, 2.24) is 4.90 Å². The van der Waals surface area contributed by atoms with Crippen molar-refractivity contribution in [3.8, 4) is 11.5 Å². The smallest absolute Gasteiger partial charge is 0.303 e. The van der Waals surface area contributed by atoms with Crippen molar-refractivity contribution in [3.05, 3.63) is 23.3 Å². The number of methoxy groups -OCH3 is 2. The summed E-state index contributed by atoms with van der Waals surface area (Å²) in [5.74, 6) is 0.229. The van der Waals surface area contributed by atoms with Gasteiger partial charge in [-0.1, -0.05) is 0 Å². The first-order valence-corrected chi connectivity index (χ1v) is 7.24. The van der Waals surface area contributed by atoms with Crippen molar-refractivity contribution in [3.63, 3.8) is 0 Å². The number of rotatable bonds is 5. The molecule has 0 radical (unpaired) electrons. The van der Waals surface area contributed by atoms with Crippen LogP contribution in [0.2, 0.25) is 0 Å². The fraction of sp³-hybridized carbons (Fsp3) is 0.500. The fourth-order valence-electron chi connectivity index (χ4n) is 2.84. The highest BCUT2D eigenvalue weighted by Crippen LogP contribution is 2.38. The second-order valence-corrected chi connectivity index (χ2v) is 5.31. The topological polar surface area (TPSA) is 76.1 Å². The van der Waals surface area contributed by atoms with E-state index < -0.39 is 5.97 Å². The molecule has 1 aromatic carbocycles. The number of carboxylic acid groups (broad SMARTS) is 1. The van der Waals surface area contributed by atoms with E-state index in [1.165, 1.54) is 0 Å². The Kier molecular flexibility index (Phi) is 4.90. The van der Waals surface area contributed by atoms with Gasteiger partial charge in [0.25, 0.3) is 0 Å². The minimum Gasteiger partial charge on any atom is -0.493 e. The first-order valence-electron chi connectivity index (χ1n) is 7.24. The molecule has 1 N–H and O–H groups in total. The molecule has 6 nitrogen and oxygen atoms in total. The maximum atomic E-state index is 12.2. The Morgan fingerprint density at radius 3 is 2.45 bits per heavy atom. The van der Waals surface area contributed by atoms with Gasteiger partial charge in [-0.05, 0) is 36.6 Å². The summed E-state index contributed by atoms with van der Waals surface area (Å²) >= 11 is 0. The normalized spacial score (nSPS) is 16.9. The molecular formula is C16H21NO5. The summed E-state index contributed by atoms with van der Waals surface area (Å²) < 4.78 is 10.6. The molecule has 1 aliphatic rings. The van der Waals surface area contributed by atoms with E-state index >= 15 is 0 Å². The lowest BCUT2D eigenvalue weighted by atomic mass is 9.92. The van der Waals surface area contributed by atoms with E-state index in [1.54, 1.807) is 19.1 Å². The van der Waals surface area contributed by atoms with Crippen molar-refractivity contribution >= 4 is 11.9 Å². The Morgan fingerprint density at radius 1 is 1.23 bits per heavy atom. The molecule has 1 aliphatic heterocycles. The van der Waals surface area contributed by atoms with E-state index in [0.717, 1.165) is 17.5 Å². The number of hydrogen-bond donors (Lipinski definition) is 1. The molecule has 120 valence electrons. The van der Waals surface area contributed by atoms with Gasteiger partial charge in [0, 0.05) is 13.0 Å². The lowest BCUT2D eigenvalue weighted by Crippen LogP contribution is -2.39. The third-order valence-electron chi connectivity index (χ3n) is 4.06. The molecule has 2 rings (SSSR count). The minimum absolute atomic E-state index is 0.0301. The monoisotopic (exact) mass is 307 g/mol. The summed E-state index contributed by atoms with van der Waals surface area (Å²) in [5.41, 5.74) is 2.15. The van der Waals surface area contributed by atoms with E-state index in [-0.39, 0.29) is 24.8 Å². The van der Waals surface area contributed by atoms with Crippen LogP contribution in [0.15, 0.2) is 12.1 Å². The zero-order chi connectivity index (χ0) is 16.3. The van der Waals surface area contributed by atoms with Crippen LogP contribution in [0.1, 0.15) is 36.9 Å². The van der Waals surface area contributed by atoms with Crippen LogP contribution >= 0.6 is 0 Å². The van der Waals surface area contributed by atoms with Crippen LogP contribution in [-0.2, 0) is 16.0 Å². The van der Waals surface area contributed by atoms with Gasteiger partial charge in [0.1, 0.15) is 0 Å². The van der Waals surface area contributed by atoms with E-state index in [2.05, 4.69) is 0 Å². The van der Waals surface area contributed by atoms with Crippen LogP contribution in [0.3, 0.4) is 0 Å². The lowest BCUT2D eigenvalue weighted by Gasteiger charge is -2.35. The third kappa shape index (κ3) is 3.16. The highest BCUT2D eigenvalue weighted by Gasteiger charge is 2.29. The molecular weight excluding hydrogens is 286 g/mol. The van der Waals surface area contributed by atoms with Gasteiger partial charge in [0.05, 0.1) is 26.7 Å². The molecule has 0 saturated heterocycles. The van der Waals surface area contributed by atoms with Crippen molar-refractivity contribution in [2.24, 2.45) is 0 Å². The minimum atomic E-state index is -0.954. The number of ether oxygens (including phenoxy) is 2. The predicted octanol–water partition coefficient (Wildman–Crippen LogP) is 2.01. The van der Waals surface area contributed by atoms with Gasteiger partial charge in [-0.25, -0.2) is 0 Å². The zero-order valence-electron chi connectivity index (χ0n) is 13.1. The van der Waals surface area contributed by atoms with Crippen LogP contribution in [-0.4, -0.2) is 42.6 Å². The van der Waals surface area contributed by atoms with Crippen molar-refractivity contribution in [2.45, 2.75) is 32.2 Å². The number of carboxylic acids is 1. The molecule has 0 spiro atoms. The van der Waals surface area contributed by atoms with Gasteiger partial charge in [-0.15, -0.1) is 0 Å². The van der Waals surface area contributed by atoms with Crippen LogP contribution in [0.25, 0.3) is 0 Å². The second kappa shape index (κ2) is 6.68. The fourth-order valence-corrected chi connectivity index (χ4v) is 2.84. The van der Waals surface area contributed by atoms with Gasteiger partial charge < -0.3 is 19.5 Å². The van der Waals surface area contributed by atoms with Gasteiger partial charge in [-0.3, -0.25) is 9.59 Å². The standard InChI is InChI=1S/C16H21NO5/c1-10-12-9-14(22-3)13(21-2)8-11(12)6-7-17(10)15(18)4-5-16(19)20/h8-10H,4-7H2,1-3H3,(H,19,20). The maximum Gasteiger partial charge on any atom is 0.303 e. The van der Waals surface area contributed by atoms with E-state index in [0.29, 0.717) is 18.0 Å². The summed E-state index contributed by atoms with van der Waals surface area (Å²) in [6.45, 7) is 2.53. The quantitative estimate of drug-likeness (QED) is 0.900. The van der Waals surface area contributed by atoms with Gasteiger partial charge in [0.15, 0.2) is 11.5 Å². The molecule has 22 heavy (non-hydrogen) atoms. The van der Waals surface area contributed by atoms with Crippen molar-refractivity contribution in [2.75, 3.05) is 20.8 Å². The largest absolute Gasteiger partial charge is 0.493 e. The second-order valence-electron chi connectivity index (χ2n) is 5.31. The molecule has 1 amide bonds. The molecule has 0 saturated carbocycles.